The number of benzene rings is 1. The van der Waals surface area contributed by atoms with Gasteiger partial charge in [-0.25, -0.2) is 4.57 Å². The largest absolute Gasteiger partial charge is 1.00 e. The number of hydrogen-bond acceptors (Lipinski definition) is 1. The van der Waals surface area contributed by atoms with Crippen LogP contribution < -0.4 is 26.9 Å². The third-order valence-corrected chi connectivity index (χ3v) is 3.79. The zero-order valence-corrected chi connectivity index (χ0v) is 15.0. The molecule has 0 atom stereocenters. The highest BCUT2D eigenvalue weighted by Gasteiger charge is 2.05. The monoisotopic (exact) mass is 402 g/mol. The quantitative estimate of drug-likeness (QED) is 0.568. The minimum Gasteiger partial charge on any atom is -1.00 e. The smallest absolute Gasteiger partial charge is 0.224 e. The number of aryl methyl sites for hydroxylation is 1. The molecule has 0 saturated heterocycles. The van der Waals surface area contributed by atoms with Crippen LogP contribution in [0.2, 0.25) is 10.0 Å². The molecule has 1 amide bonds. The average molecular weight is 404 g/mol. The maximum atomic E-state index is 11.8. The zero-order valence-electron chi connectivity index (χ0n) is 11.9. The molecule has 0 radical (unpaired) electrons. The topological polar surface area (TPSA) is 33.0 Å². The van der Waals surface area contributed by atoms with Crippen molar-refractivity contribution in [3.63, 3.8) is 0 Å². The van der Waals surface area contributed by atoms with Gasteiger partial charge in [0.05, 0.1) is 10.0 Å². The molecule has 6 heteroatoms. The molecule has 0 unspecified atom stereocenters. The van der Waals surface area contributed by atoms with E-state index in [1.165, 1.54) is 0 Å². The number of anilines is 1. The Hall–Kier alpha value is -1.10. The predicted molar refractivity (Wildman–Crippen MR) is 85.6 cm³/mol. The highest BCUT2D eigenvalue weighted by molar-refractivity contribution is 6.42. The Morgan fingerprint density at radius 2 is 1.77 bits per heavy atom. The van der Waals surface area contributed by atoms with Crippen LogP contribution in [0.4, 0.5) is 5.69 Å². The molecule has 1 N–H and O–H groups in total. The third-order valence-electron chi connectivity index (χ3n) is 3.05. The standard InChI is InChI=1S/C16H16Cl2N2O.BrH/c17-14-8-7-13(12-15(14)18)19-16(21)6-2-5-11-20-9-3-1-4-10-20;/h1,3-4,7-10,12H,2,5-6,11H2;1H. The summed E-state index contributed by atoms with van der Waals surface area (Å²) in [7, 11) is 0. The fourth-order valence-corrected chi connectivity index (χ4v) is 2.26. The summed E-state index contributed by atoms with van der Waals surface area (Å²) >= 11 is 11.7. The van der Waals surface area contributed by atoms with E-state index in [-0.39, 0.29) is 22.9 Å². The van der Waals surface area contributed by atoms with Crippen molar-refractivity contribution in [2.45, 2.75) is 25.8 Å². The SMILES string of the molecule is O=C(CCCC[n+]1ccccc1)Nc1ccc(Cl)c(Cl)c1.[Br-]. The van der Waals surface area contributed by atoms with Gasteiger partial charge in [-0.2, -0.15) is 0 Å². The lowest BCUT2D eigenvalue weighted by Gasteiger charge is -2.06. The van der Waals surface area contributed by atoms with E-state index < -0.39 is 0 Å². The van der Waals surface area contributed by atoms with Crippen LogP contribution in [-0.2, 0) is 11.3 Å². The van der Waals surface area contributed by atoms with Gasteiger partial charge in [0.15, 0.2) is 12.4 Å². The van der Waals surface area contributed by atoms with E-state index >= 15 is 0 Å². The molecular weight excluding hydrogens is 387 g/mol. The Labute approximate surface area is 151 Å². The summed E-state index contributed by atoms with van der Waals surface area (Å²) in [5.74, 6) is -0.00792. The second-order valence-electron chi connectivity index (χ2n) is 4.75. The zero-order chi connectivity index (χ0) is 15.1. The van der Waals surface area contributed by atoms with E-state index in [1.54, 1.807) is 18.2 Å². The second-order valence-corrected chi connectivity index (χ2v) is 5.56. The second kappa shape index (κ2) is 9.82. The number of nitrogens with one attached hydrogen (secondary N) is 1. The molecule has 0 spiro atoms. The summed E-state index contributed by atoms with van der Waals surface area (Å²) < 4.78 is 2.11. The van der Waals surface area contributed by atoms with Crippen LogP contribution in [0.25, 0.3) is 0 Å². The number of aromatic nitrogens is 1. The molecule has 2 rings (SSSR count). The van der Waals surface area contributed by atoms with Gasteiger partial charge in [0.2, 0.25) is 5.91 Å². The Bertz CT molecular complexity index is 608. The number of unbranched alkanes of at least 4 members (excludes halogenated alkanes) is 1. The minimum absolute atomic E-state index is 0. The molecular formula is C16H17BrCl2N2O. The summed E-state index contributed by atoms with van der Waals surface area (Å²) in [6, 6.07) is 11.0. The molecule has 1 aromatic heterocycles. The van der Waals surface area contributed by atoms with Crippen LogP contribution in [0, 0.1) is 0 Å². The van der Waals surface area contributed by atoms with Crippen molar-refractivity contribution in [1.82, 2.24) is 0 Å². The molecule has 0 bridgehead atoms. The van der Waals surface area contributed by atoms with Crippen LogP contribution in [0.3, 0.4) is 0 Å². The Morgan fingerprint density at radius 1 is 1.05 bits per heavy atom. The molecule has 0 aliphatic rings. The van der Waals surface area contributed by atoms with Gasteiger partial charge in [0.25, 0.3) is 0 Å². The summed E-state index contributed by atoms with van der Waals surface area (Å²) in [5, 5.41) is 3.74. The van der Waals surface area contributed by atoms with Crippen molar-refractivity contribution in [2.24, 2.45) is 0 Å². The predicted octanol–water partition coefficient (Wildman–Crippen LogP) is 1.09. The fourth-order valence-electron chi connectivity index (χ4n) is 1.96. The number of carbonyl (C=O) groups is 1. The lowest BCUT2D eigenvalue weighted by molar-refractivity contribution is -0.697. The van der Waals surface area contributed by atoms with Crippen molar-refractivity contribution >= 4 is 34.8 Å². The maximum absolute atomic E-state index is 11.8. The molecule has 0 fully saturated rings. The number of amides is 1. The molecule has 22 heavy (non-hydrogen) atoms. The first kappa shape index (κ1) is 18.9. The van der Waals surface area contributed by atoms with E-state index in [0.29, 0.717) is 22.2 Å². The maximum Gasteiger partial charge on any atom is 0.224 e. The third kappa shape index (κ3) is 6.34. The van der Waals surface area contributed by atoms with E-state index in [9.17, 15) is 4.79 Å². The van der Waals surface area contributed by atoms with E-state index in [1.807, 2.05) is 30.6 Å². The fraction of sp³-hybridized carbons (Fsp3) is 0.250. The van der Waals surface area contributed by atoms with Gasteiger partial charge in [-0.1, -0.05) is 29.3 Å². The van der Waals surface area contributed by atoms with Crippen molar-refractivity contribution in [2.75, 3.05) is 5.32 Å². The van der Waals surface area contributed by atoms with Gasteiger partial charge in [-0.3, -0.25) is 4.79 Å². The Morgan fingerprint density at radius 3 is 2.45 bits per heavy atom. The molecule has 0 aliphatic heterocycles. The van der Waals surface area contributed by atoms with Crippen LogP contribution >= 0.6 is 23.2 Å². The summed E-state index contributed by atoms with van der Waals surface area (Å²) in [5.41, 5.74) is 0.673. The molecule has 2 aromatic rings. The highest BCUT2D eigenvalue weighted by atomic mass is 79.9. The lowest BCUT2D eigenvalue weighted by atomic mass is 10.2. The number of rotatable bonds is 6. The van der Waals surface area contributed by atoms with Crippen molar-refractivity contribution in [3.8, 4) is 0 Å². The molecule has 0 aliphatic carbocycles. The Balaban J connectivity index is 0.00000242. The first-order valence-electron chi connectivity index (χ1n) is 6.84. The molecule has 118 valence electrons. The van der Waals surface area contributed by atoms with Gasteiger partial charge in [-0.05, 0) is 24.6 Å². The first-order chi connectivity index (χ1) is 10.1. The summed E-state index contributed by atoms with van der Waals surface area (Å²) in [4.78, 5) is 11.8. The molecule has 3 nitrogen and oxygen atoms in total. The van der Waals surface area contributed by atoms with Crippen LogP contribution in [0.1, 0.15) is 19.3 Å². The van der Waals surface area contributed by atoms with Gasteiger partial charge in [0, 0.05) is 30.7 Å². The van der Waals surface area contributed by atoms with Gasteiger partial charge in [0.1, 0.15) is 6.54 Å². The van der Waals surface area contributed by atoms with Gasteiger partial charge in [-0.15, -0.1) is 0 Å². The Kier molecular flexibility index (Phi) is 8.46. The highest BCUT2D eigenvalue weighted by Crippen LogP contribution is 2.25. The van der Waals surface area contributed by atoms with Crippen LogP contribution in [-0.4, -0.2) is 5.91 Å². The van der Waals surface area contributed by atoms with Gasteiger partial charge < -0.3 is 22.3 Å². The number of nitrogens with zero attached hydrogens (tertiary/aromatic N) is 1. The van der Waals surface area contributed by atoms with E-state index in [2.05, 4.69) is 9.88 Å². The minimum atomic E-state index is -0.00792. The van der Waals surface area contributed by atoms with Gasteiger partial charge >= 0.3 is 0 Å². The van der Waals surface area contributed by atoms with E-state index in [4.69, 9.17) is 23.2 Å². The van der Waals surface area contributed by atoms with Crippen LogP contribution in [0.15, 0.2) is 48.8 Å². The summed E-state index contributed by atoms with van der Waals surface area (Å²) in [6.45, 7) is 0.918. The van der Waals surface area contributed by atoms with Crippen molar-refractivity contribution in [1.29, 1.82) is 0 Å². The van der Waals surface area contributed by atoms with Crippen molar-refractivity contribution in [3.05, 3.63) is 58.8 Å². The molecule has 1 heterocycles. The summed E-state index contributed by atoms with van der Waals surface area (Å²) in [6.07, 6.45) is 6.34. The van der Waals surface area contributed by atoms with Crippen molar-refractivity contribution < 1.29 is 26.3 Å². The lowest BCUT2D eigenvalue weighted by Crippen LogP contribution is -3.00. The molecule has 1 aromatic carbocycles. The van der Waals surface area contributed by atoms with E-state index in [0.717, 1.165) is 19.4 Å². The number of pyridine rings is 1. The molecule has 0 saturated carbocycles. The average Bonchev–Trinajstić information content (AvgIpc) is 2.49. The first-order valence-corrected chi connectivity index (χ1v) is 7.60. The van der Waals surface area contributed by atoms with Crippen LogP contribution in [0.5, 0.6) is 0 Å². The number of hydrogen-bond donors (Lipinski definition) is 1. The number of carbonyl (C=O) groups excluding carboxylic acids is 1. The normalized spacial score (nSPS) is 9.91. The number of halogens is 3.